The van der Waals surface area contributed by atoms with E-state index in [2.05, 4.69) is 36.1 Å². The van der Waals surface area contributed by atoms with Crippen LogP contribution in [0, 0.1) is 19.7 Å². The third-order valence-corrected chi connectivity index (χ3v) is 7.70. The number of aryl methyl sites for hydroxylation is 2. The molecule has 3 aromatic carbocycles. The van der Waals surface area contributed by atoms with Crippen LogP contribution in [0.3, 0.4) is 0 Å². The first-order valence-electron chi connectivity index (χ1n) is 14.2. The van der Waals surface area contributed by atoms with Crippen LogP contribution < -0.4 is 9.64 Å². The van der Waals surface area contributed by atoms with Crippen LogP contribution in [-0.4, -0.2) is 63.8 Å². The van der Waals surface area contributed by atoms with E-state index in [-0.39, 0.29) is 11.7 Å². The minimum absolute atomic E-state index is 0.00714. The van der Waals surface area contributed by atoms with Crippen molar-refractivity contribution in [2.24, 2.45) is 0 Å². The molecule has 0 radical (unpaired) electrons. The summed E-state index contributed by atoms with van der Waals surface area (Å²) in [6.45, 7) is 6.60. The number of fused-ring (bicyclic) bond motifs is 1. The number of rotatable bonds is 6. The molecular weight excluding hydrogens is 531 g/mol. The van der Waals surface area contributed by atoms with Crippen molar-refractivity contribution in [1.29, 1.82) is 0 Å². The zero-order chi connectivity index (χ0) is 29.2. The highest BCUT2D eigenvalue weighted by molar-refractivity contribution is 5.94. The minimum atomic E-state index is -0.305. The zero-order valence-electron chi connectivity index (χ0n) is 24.0. The zero-order valence-corrected chi connectivity index (χ0v) is 24.0. The van der Waals surface area contributed by atoms with Crippen LogP contribution >= 0.6 is 0 Å². The summed E-state index contributed by atoms with van der Waals surface area (Å²) in [6, 6.07) is 21.9. The highest BCUT2D eigenvalue weighted by atomic mass is 19.1. The number of anilines is 1. The minimum Gasteiger partial charge on any atom is -0.497 e. The number of benzene rings is 3. The number of hydrogen-bond acceptors (Lipinski definition) is 6. The van der Waals surface area contributed by atoms with E-state index in [4.69, 9.17) is 19.8 Å². The molecule has 5 aromatic rings. The van der Waals surface area contributed by atoms with Gasteiger partial charge in [-0.2, -0.15) is 5.10 Å². The number of ether oxygens (including phenoxy) is 1. The molecule has 1 saturated heterocycles. The lowest BCUT2D eigenvalue weighted by molar-refractivity contribution is 0.0767. The molecule has 9 heteroatoms. The molecule has 0 atom stereocenters. The predicted octanol–water partition coefficient (Wildman–Crippen LogP) is 5.52. The summed E-state index contributed by atoms with van der Waals surface area (Å²) in [5.74, 6) is 1.92. The highest BCUT2D eigenvalue weighted by Crippen LogP contribution is 2.30. The Morgan fingerprint density at radius 3 is 2.33 bits per heavy atom. The Morgan fingerprint density at radius 2 is 1.62 bits per heavy atom. The summed E-state index contributed by atoms with van der Waals surface area (Å²) in [6.07, 6.45) is 1.36. The second-order valence-corrected chi connectivity index (χ2v) is 10.7. The fourth-order valence-corrected chi connectivity index (χ4v) is 5.41. The first-order chi connectivity index (χ1) is 20.4. The molecule has 0 aliphatic carbocycles. The molecule has 1 amide bonds. The number of hydrogen-bond donors (Lipinski definition) is 0. The number of aromatic nitrogens is 4. The molecule has 214 valence electrons. The van der Waals surface area contributed by atoms with Gasteiger partial charge in [-0.3, -0.25) is 4.79 Å². The summed E-state index contributed by atoms with van der Waals surface area (Å²) >= 11 is 0. The number of methoxy groups -OCH3 is 1. The standard InChI is InChI=1S/C33H33FN6O2/c1-22-5-7-24(8-6-22)21-29-35-31(30-23(2)37-40(32(30)36-29)27-13-11-26(34)12-14-27)38-17-4-18-39(20-19-38)33(41)25-9-15-28(42-3)16-10-25/h5-16H,4,17-21H2,1-3H3. The first-order valence-corrected chi connectivity index (χ1v) is 14.2. The number of carbonyl (C=O) groups excluding carboxylic acids is 1. The van der Waals surface area contributed by atoms with E-state index in [9.17, 15) is 9.18 Å². The van der Waals surface area contributed by atoms with Gasteiger partial charge in [0, 0.05) is 38.2 Å². The normalized spacial score (nSPS) is 13.8. The largest absolute Gasteiger partial charge is 0.497 e. The second kappa shape index (κ2) is 11.6. The number of amides is 1. The summed E-state index contributed by atoms with van der Waals surface area (Å²) in [4.78, 5) is 27.6. The lowest BCUT2D eigenvalue weighted by Crippen LogP contribution is -2.35. The Kier molecular flexibility index (Phi) is 7.56. The summed E-state index contributed by atoms with van der Waals surface area (Å²) in [7, 11) is 1.61. The third-order valence-electron chi connectivity index (χ3n) is 7.70. The number of carbonyl (C=O) groups is 1. The Balaban J connectivity index is 1.36. The van der Waals surface area contributed by atoms with E-state index >= 15 is 0 Å². The molecular formula is C33H33FN6O2. The molecule has 0 saturated carbocycles. The van der Waals surface area contributed by atoms with Crippen LogP contribution in [0.25, 0.3) is 16.7 Å². The van der Waals surface area contributed by atoms with Crippen molar-refractivity contribution in [3.63, 3.8) is 0 Å². The maximum Gasteiger partial charge on any atom is 0.253 e. The molecule has 0 unspecified atom stereocenters. The molecule has 3 heterocycles. The van der Waals surface area contributed by atoms with Gasteiger partial charge in [0.05, 0.1) is 23.9 Å². The van der Waals surface area contributed by atoms with Crippen LogP contribution in [-0.2, 0) is 6.42 Å². The SMILES string of the molecule is COc1ccc(C(=O)N2CCCN(c3nc(Cc4ccc(C)cc4)nc4c3c(C)nn4-c3ccc(F)cc3)CC2)cc1. The van der Waals surface area contributed by atoms with Crippen molar-refractivity contribution in [2.75, 3.05) is 38.2 Å². The van der Waals surface area contributed by atoms with Crippen LogP contribution in [0.1, 0.15) is 39.4 Å². The Morgan fingerprint density at radius 1 is 0.881 bits per heavy atom. The van der Waals surface area contributed by atoms with Gasteiger partial charge in [-0.1, -0.05) is 29.8 Å². The number of halogens is 1. The van der Waals surface area contributed by atoms with Crippen LogP contribution in [0.4, 0.5) is 10.2 Å². The Bertz CT molecular complexity index is 1720. The van der Waals surface area contributed by atoms with Gasteiger partial charge in [0.15, 0.2) is 5.65 Å². The average molecular weight is 565 g/mol. The maximum absolute atomic E-state index is 13.7. The first kappa shape index (κ1) is 27.4. The van der Waals surface area contributed by atoms with E-state index in [1.54, 1.807) is 23.9 Å². The average Bonchev–Trinajstić information content (AvgIpc) is 3.17. The molecule has 0 bridgehead atoms. The van der Waals surface area contributed by atoms with Gasteiger partial charge in [-0.05, 0) is 74.4 Å². The van der Waals surface area contributed by atoms with Gasteiger partial charge in [0.1, 0.15) is 23.2 Å². The van der Waals surface area contributed by atoms with Crippen molar-refractivity contribution in [1.82, 2.24) is 24.6 Å². The quantitative estimate of drug-likeness (QED) is 0.270. The lowest BCUT2D eigenvalue weighted by atomic mass is 10.1. The van der Waals surface area contributed by atoms with Gasteiger partial charge < -0.3 is 14.5 Å². The molecule has 6 rings (SSSR count). The topological polar surface area (TPSA) is 76.4 Å². The van der Waals surface area contributed by atoms with Crippen LogP contribution in [0.5, 0.6) is 5.75 Å². The molecule has 8 nitrogen and oxygen atoms in total. The van der Waals surface area contributed by atoms with E-state index in [1.807, 2.05) is 36.1 Å². The van der Waals surface area contributed by atoms with Crippen LogP contribution in [0.2, 0.25) is 0 Å². The Labute approximate surface area is 244 Å². The van der Waals surface area contributed by atoms with Gasteiger partial charge in [-0.15, -0.1) is 0 Å². The lowest BCUT2D eigenvalue weighted by Gasteiger charge is -2.24. The summed E-state index contributed by atoms with van der Waals surface area (Å²) in [5, 5.41) is 5.68. The maximum atomic E-state index is 13.7. The molecule has 2 aromatic heterocycles. The van der Waals surface area contributed by atoms with Gasteiger partial charge in [0.2, 0.25) is 0 Å². The molecule has 1 fully saturated rings. The van der Waals surface area contributed by atoms with E-state index in [1.165, 1.54) is 17.7 Å². The van der Waals surface area contributed by atoms with Gasteiger partial charge in [0.25, 0.3) is 5.91 Å². The highest BCUT2D eigenvalue weighted by Gasteiger charge is 2.25. The molecule has 1 aliphatic rings. The van der Waals surface area contributed by atoms with E-state index < -0.39 is 0 Å². The molecule has 0 N–H and O–H groups in total. The van der Waals surface area contributed by atoms with Crippen molar-refractivity contribution in [3.8, 4) is 11.4 Å². The fourth-order valence-electron chi connectivity index (χ4n) is 5.41. The van der Waals surface area contributed by atoms with Crippen molar-refractivity contribution < 1.29 is 13.9 Å². The molecule has 1 aliphatic heterocycles. The smallest absolute Gasteiger partial charge is 0.253 e. The molecule has 0 spiro atoms. The van der Waals surface area contributed by atoms with Crippen molar-refractivity contribution in [2.45, 2.75) is 26.7 Å². The van der Waals surface area contributed by atoms with E-state index in [0.29, 0.717) is 43.1 Å². The van der Waals surface area contributed by atoms with Gasteiger partial charge in [-0.25, -0.2) is 19.0 Å². The fraction of sp³-hybridized carbons (Fsp3) is 0.273. The predicted molar refractivity (Wildman–Crippen MR) is 161 cm³/mol. The summed E-state index contributed by atoms with van der Waals surface area (Å²) in [5.41, 5.74) is 5.16. The molecule has 42 heavy (non-hydrogen) atoms. The van der Waals surface area contributed by atoms with E-state index in [0.717, 1.165) is 46.9 Å². The summed E-state index contributed by atoms with van der Waals surface area (Å²) < 4.78 is 20.7. The van der Waals surface area contributed by atoms with Crippen molar-refractivity contribution >= 4 is 22.8 Å². The monoisotopic (exact) mass is 564 g/mol. The van der Waals surface area contributed by atoms with Crippen LogP contribution in [0.15, 0.2) is 72.8 Å². The van der Waals surface area contributed by atoms with Gasteiger partial charge >= 0.3 is 0 Å². The van der Waals surface area contributed by atoms with Crippen molar-refractivity contribution in [3.05, 3.63) is 107 Å². The second-order valence-electron chi connectivity index (χ2n) is 10.7. The third kappa shape index (κ3) is 5.54. The number of nitrogens with zero attached hydrogens (tertiary/aromatic N) is 6. The Hall–Kier alpha value is -4.79.